The predicted octanol–water partition coefficient (Wildman–Crippen LogP) is 5.10. The highest BCUT2D eigenvalue weighted by atomic mass is 16.2. The first-order chi connectivity index (χ1) is 25.3. The Kier molecular flexibility index (Phi) is 12.9. The lowest BCUT2D eigenvalue weighted by molar-refractivity contribution is -0.130. The van der Waals surface area contributed by atoms with Gasteiger partial charge in [-0.1, -0.05) is 45.9 Å². The molecule has 52 heavy (non-hydrogen) atoms. The Labute approximate surface area is 306 Å². The van der Waals surface area contributed by atoms with Crippen LogP contribution in [0.5, 0.6) is 0 Å². The third kappa shape index (κ3) is 10.2. The normalized spacial score (nSPS) is 17.8. The van der Waals surface area contributed by atoms with Crippen LogP contribution >= 0.6 is 0 Å². The second-order valence-electron chi connectivity index (χ2n) is 14.8. The minimum absolute atomic E-state index is 0.119. The number of nitrogens with one attached hydrogen (secondary N) is 6. The molecule has 2 aliphatic rings. The van der Waals surface area contributed by atoms with Crippen LogP contribution in [-0.4, -0.2) is 109 Å². The Balaban J connectivity index is 0.000000239. The largest absolute Gasteiger partial charge is 0.376 e. The number of hydrogen-bond donors (Lipinski definition) is 6. The summed E-state index contributed by atoms with van der Waals surface area (Å²) in [5.74, 6) is 3.03. The lowest BCUT2D eigenvalue weighted by atomic mass is 10.1. The number of carbonyl (C=O) groups is 1. The molecule has 0 aliphatic carbocycles. The van der Waals surface area contributed by atoms with Crippen molar-refractivity contribution < 1.29 is 4.79 Å². The van der Waals surface area contributed by atoms with Crippen LogP contribution in [0.3, 0.4) is 0 Å². The molecule has 6 heterocycles. The van der Waals surface area contributed by atoms with E-state index in [9.17, 15) is 4.79 Å². The summed E-state index contributed by atoms with van der Waals surface area (Å²) in [6.07, 6.45) is 11.1. The van der Waals surface area contributed by atoms with Crippen LogP contribution < -0.4 is 21.3 Å². The Morgan fingerprint density at radius 1 is 0.904 bits per heavy atom. The molecule has 0 saturated carbocycles. The fourth-order valence-electron chi connectivity index (χ4n) is 7.14. The van der Waals surface area contributed by atoms with E-state index in [1.54, 1.807) is 12.5 Å². The number of nitrogens with zero attached hydrogens (tertiary/aromatic N) is 7. The van der Waals surface area contributed by atoms with Crippen molar-refractivity contribution in [3.8, 4) is 0 Å². The second-order valence-corrected chi connectivity index (χ2v) is 14.8. The summed E-state index contributed by atoms with van der Waals surface area (Å²) < 4.78 is 0. The van der Waals surface area contributed by atoms with E-state index >= 15 is 0 Å². The van der Waals surface area contributed by atoms with Gasteiger partial charge in [-0.25, -0.2) is 19.9 Å². The van der Waals surface area contributed by atoms with E-state index < -0.39 is 0 Å². The molecule has 0 bridgehead atoms. The molecule has 1 amide bonds. The minimum atomic E-state index is 0.119. The molecule has 0 radical (unpaired) electrons. The van der Waals surface area contributed by atoms with E-state index in [0.29, 0.717) is 30.1 Å². The standard InChI is InChI=1S/C27H40N8O.C11H15N5/c1-19(2)14-34(15-20(3)4)16-21-8-5-6-10-24(21)28-13-25(36)35-11-7-9-22(17-35)32-26-23-12-31-33-27(23)30-18-29-26;1-2-8(6-12-4-1)16-11-9-3-5-13-10(9)14-7-15-11/h5-6,8,10,12,18-20,22,28H,7,9,11,13-17H2,1-4H3,(H2,29,30,31,32,33);3,5,7-8,12H,1-2,4,6H2,(H2,13,14,15,16)/t22-;8-/m00/s1. The van der Waals surface area contributed by atoms with Crippen molar-refractivity contribution in [3.05, 3.63) is 60.9 Å². The summed E-state index contributed by atoms with van der Waals surface area (Å²) in [5, 5.41) is 22.7. The average molecular weight is 710 g/mol. The number of benzene rings is 1. The van der Waals surface area contributed by atoms with Gasteiger partial charge in [-0.15, -0.1) is 0 Å². The number of para-hydroxylation sites is 1. The van der Waals surface area contributed by atoms with Gasteiger partial charge in [-0.2, -0.15) is 5.10 Å². The van der Waals surface area contributed by atoms with Gasteiger partial charge < -0.3 is 31.2 Å². The summed E-state index contributed by atoms with van der Waals surface area (Å²) in [6.45, 7) is 15.9. The molecule has 14 heteroatoms. The lowest BCUT2D eigenvalue weighted by Crippen LogP contribution is -2.47. The molecule has 2 aliphatic heterocycles. The number of piperidine rings is 2. The van der Waals surface area contributed by atoms with Crippen molar-refractivity contribution in [2.75, 3.05) is 61.8 Å². The smallest absolute Gasteiger partial charge is 0.241 e. The van der Waals surface area contributed by atoms with Crippen molar-refractivity contribution in [1.29, 1.82) is 0 Å². The number of carbonyl (C=O) groups excluding carboxylic acids is 1. The van der Waals surface area contributed by atoms with E-state index in [0.717, 1.165) is 85.9 Å². The zero-order valence-corrected chi connectivity index (χ0v) is 31.0. The number of anilines is 3. The van der Waals surface area contributed by atoms with Gasteiger partial charge in [0.05, 0.1) is 23.5 Å². The van der Waals surface area contributed by atoms with Crippen molar-refractivity contribution >= 4 is 45.3 Å². The minimum Gasteiger partial charge on any atom is -0.376 e. The predicted molar refractivity (Wildman–Crippen MR) is 208 cm³/mol. The van der Waals surface area contributed by atoms with Gasteiger partial charge in [0.1, 0.15) is 29.9 Å². The summed E-state index contributed by atoms with van der Waals surface area (Å²) in [5.41, 5.74) is 3.87. The van der Waals surface area contributed by atoms with Gasteiger partial charge in [0.2, 0.25) is 5.91 Å². The van der Waals surface area contributed by atoms with Crippen LogP contribution in [0.15, 0.2) is 55.4 Å². The first-order valence-corrected chi connectivity index (χ1v) is 18.8. The third-order valence-corrected chi connectivity index (χ3v) is 9.44. The van der Waals surface area contributed by atoms with E-state index in [1.165, 1.54) is 24.7 Å². The van der Waals surface area contributed by atoms with Crippen molar-refractivity contribution in [3.63, 3.8) is 0 Å². The van der Waals surface area contributed by atoms with E-state index in [-0.39, 0.29) is 18.5 Å². The van der Waals surface area contributed by atoms with Gasteiger partial charge in [0, 0.05) is 63.2 Å². The topological polar surface area (TPSA) is 168 Å². The Bertz CT molecular complexity index is 1840. The molecule has 0 unspecified atom stereocenters. The lowest BCUT2D eigenvalue weighted by Gasteiger charge is -2.33. The van der Waals surface area contributed by atoms with Crippen molar-refractivity contribution in [2.45, 2.75) is 72.0 Å². The van der Waals surface area contributed by atoms with Gasteiger partial charge in [0.15, 0.2) is 5.65 Å². The number of likely N-dealkylation sites (tertiary alicyclic amines) is 1. The van der Waals surface area contributed by atoms with Gasteiger partial charge in [-0.3, -0.25) is 14.8 Å². The fourth-order valence-corrected chi connectivity index (χ4v) is 7.14. The van der Waals surface area contributed by atoms with Crippen LogP contribution in [0.2, 0.25) is 0 Å². The van der Waals surface area contributed by atoms with E-state index in [2.05, 4.69) is 107 Å². The summed E-state index contributed by atoms with van der Waals surface area (Å²) in [6, 6.07) is 11.0. The number of fused-ring (bicyclic) bond motifs is 2. The molecule has 5 aromatic rings. The Hall–Kier alpha value is -4.82. The molecule has 1 aromatic carbocycles. The highest BCUT2D eigenvalue weighted by Gasteiger charge is 2.25. The van der Waals surface area contributed by atoms with Gasteiger partial charge >= 0.3 is 0 Å². The molecule has 14 nitrogen and oxygen atoms in total. The molecular formula is C38H55N13O. The first kappa shape index (κ1) is 37.0. The number of aromatic nitrogens is 7. The Morgan fingerprint density at radius 2 is 1.63 bits per heavy atom. The molecule has 0 spiro atoms. The van der Waals surface area contributed by atoms with E-state index in [4.69, 9.17) is 0 Å². The van der Waals surface area contributed by atoms with Crippen LogP contribution in [0, 0.1) is 11.8 Å². The third-order valence-electron chi connectivity index (χ3n) is 9.44. The molecule has 2 atom stereocenters. The van der Waals surface area contributed by atoms with Gasteiger partial charge in [-0.05, 0) is 61.8 Å². The SMILES string of the molecule is CC(C)CN(Cc1ccccc1NCC(=O)N1CCC[C@H](Nc2ncnc3[nH]ncc23)C1)CC(C)C.c1nc(N[C@H]2CCCNC2)c2cc[nH]c2n1. The maximum Gasteiger partial charge on any atom is 0.241 e. The van der Waals surface area contributed by atoms with Crippen molar-refractivity contribution in [1.82, 2.24) is 50.2 Å². The molecule has 6 N–H and O–H groups in total. The van der Waals surface area contributed by atoms with Crippen molar-refractivity contribution in [2.24, 2.45) is 11.8 Å². The summed E-state index contributed by atoms with van der Waals surface area (Å²) in [7, 11) is 0. The zero-order valence-electron chi connectivity index (χ0n) is 31.0. The fraction of sp³-hybridized carbons (Fsp3) is 0.526. The number of amides is 1. The number of rotatable bonds is 13. The van der Waals surface area contributed by atoms with Gasteiger partial charge in [0.25, 0.3) is 0 Å². The molecule has 2 fully saturated rings. The number of H-pyrrole nitrogens is 2. The first-order valence-electron chi connectivity index (χ1n) is 18.8. The maximum atomic E-state index is 13.1. The maximum absolute atomic E-state index is 13.1. The number of aromatic amines is 2. The Morgan fingerprint density at radius 3 is 2.40 bits per heavy atom. The highest BCUT2D eigenvalue weighted by Crippen LogP contribution is 2.23. The van der Waals surface area contributed by atoms with Crippen LogP contribution in [0.1, 0.15) is 58.9 Å². The molecule has 7 rings (SSSR count). The summed E-state index contributed by atoms with van der Waals surface area (Å²) >= 11 is 0. The van der Waals surface area contributed by atoms with E-state index in [1.807, 2.05) is 23.2 Å². The summed E-state index contributed by atoms with van der Waals surface area (Å²) in [4.78, 5) is 37.8. The second kappa shape index (κ2) is 18.1. The van der Waals surface area contributed by atoms with Crippen LogP contribution in [0.25, 0.3) is 22.1 Å². The molecule has 4 aromatic heterocycles. The molecule has 278 valence electrons. The molecule has 2 saturated heterocycles. The van der Waals surface area contributed by atoms with Crippen LogP contribution in [0.4, 0.5) is 17.3 Å². The monoisotopic (exact) mass is 709 g/mol. The average Bonchev–Trinajstić information content (AvgIpc) is 3.83. The molecular weight excluding hydrogens is 655 g/mol. The van der Waals surface area contributed by atoms with Crippen LogP contribution in [-0.2, 0) is 11.3 Å². The zero-order chi connectivity index (χ0) is 36.3. The highest BCUT2D eigenvalue weighted by molar-refractivity contribution is 5.87. The number of hydrogen-bond acceptors (Lipinski definition) is 11. The quantitative estimate of drug-likeness (QED) is 0.0962.